The highest BCUT2D eigenvalue weighted by atomic mass is 15.0. The zero-order chi connectivity index (χ0) is 33.9. The van der Waals surface area contributed by atoms with E-state index in [0.29, 0.717) is 0 Å². The largest absolute Gasteiger partial charge is 0.309 e. The van der Waals surface area contributed by atoms with Crippen LogP contribution in [0.4, 0.5) is 0 Å². The minimum Gasteiger partial charge on any atom is -0.309 e. The molecule has 0 bridgehead atoms. The molecule has 11 aromatic rings. The Balaban J connectivity index is 1.11. The first-order valence-electron chi connectivity index (χ1n) is 17.9. The van der Waals surface area contributed by atoms with Crippen molar-refractivity contribution in [3.05, 3.63) is 176 Å². The number of para-hydroxylation sites is 2. The van der Waals surface area contributed by atoms with Crippen LogP contribution in [0.5, 0.6) is 0 Å². The molecule has 0 amide bonds. The van der Waals surface area contributed by atoms with E-state index in [1.165, 1.54) is 110 Å². The molecule has 0 unspecified atom stereocenters. The van der Waals surface area contributed by atoms with Crippen molar-refractivity contribution in [1.82, 2.24) is 14.1 Å². The van der Waals surface area contributed by atoms with Crippen molar-refractivity contribution in [2.45, 2.75) is 0 Å². The second kappa shape index (κ2) is 10.3. The van der Waals surface area contributed by atoms with E-state index in [-0.39, 0.29) is 0 Å². The van der Waals surface area contributed by atoms with Gasteiger partial charge in [-0.05, 0) is 122 Å². The van der Waals surface area contributed by atoms with E-state index in [0.717, 1.165) is 0 Å². The number of aromatic nitrogens is 3. The zero-order valence-electron chi connectivity index (χ0n) is 28.1. The molecule has 12 rings (SSSR count). The Labute approximate surface area is 299 Å². The van der Waals surface area contributed by atoms with Crippen molar-refractivity contribution >= 4 is 65.2 Å². The van der Waals surface area contributed by atoms with Gasteiger partial charge in [0, 0.05) is 50.9 Å². The third-order valence-corrected chi connectivity index (χ3v) is 11.3. The van der Waals surface area contributed by atoms with Gasteiger partial charge in [0.1, 0.15) is 0 Å². The summed E-state index contributed by atoms with van der Waals surface area (Å²) >= 11 is 0. The smallest absolute Gasteiger partial charge is 0.0547 e. The quantitative estimate of drug-likeness (QED) is 0.185. The number of benzene rings is 8. The van der Waals surface area contributed by atoms with Gasteiger partial charge in [-0.1, -0.05) is 91.0 Å². The van der Waals surface area contributed by atoms with E-state index in [1.54, 1.807) is 0 Å². The van der Waals surface area contributed by atoms with Crippen LogP contribution in [-0.4, -0.2) is 14.1 Å². The van der Waals surface area contributed by atoms with E-state index in [1.807, 2.05) is 12.4 Å². The van der Waals surface area contributed by atoms with Gasteiger partial charge in [0.2, 0.25) is 0 Å². The number of hydrogen-bond donors (Lipinski definition) is 0. The Morgan fingerprint density at radius 3 is 1.83 bits per heavy atom. The topological polar surface area (TPSA) is 22.8 Å². The van der Waals surface area contributed by atoms with Crippen LogP contribution in [-0.2, 0) is 0 Å². The molecule has 0 spiro atoms. The number of hydrogen-bond acceptors (Lipinski definition) is 1. The lowest BCUT2D eigenvalue weighted by atomic mass is 10.00. The molecule has 3 heterocycles. The summed E-state index contributed by atoms with van der Waals surface area (Å²) in [7, 11) is 0. The molecule has 52 heavy (non-hydrogen) atoms. The summed E-state index contributed by atoms with van der Waals surface area (Å²) in [4.78, 5) is 4.48. The van der Waals surface area contributed by atoms with Gasteiger partial charge >= 0.3 is 0 Å². The molecule has 0 fully saturated rings. The molecule has 1 aliphatic rings. The Kier molecular flexibility index (Phi) is 5.50. The van der Waals surface area contributed by atoms with E-state index in [2.05, 4.69) is 178 Å². The molecule has 240 valence electrons. The lowest BCUT2D eigenvalue weighted by Gasteiger charge is -2.12. The van der Waals surface area contributed by atoms with E-state index >= 15 is 0 Å². The van der Waals surface area contributed by atoms with Crippen LogP contribution in [0.3, 0.4) is 0 Å². The Bertz CT molecular complexity index is 3290. The van der Waals surface area contributed by atoms with Crippen LogP contribution in [0.1, 0.15) is 0 Å². The standard InChI is InChI=1S/C49H29N3/c1-2-12-35(13-3-1)51-45-16-7-6-14-38(45)40-25-32(17-19-46(40)51)33-18-20-47-41(26-33)42-24-30-9-4-5-10-31(30)27-48(42)52(47)36-23-34-11-8-15-39-44-29-50-22-21-37(44)43(28-36)49(34)39/h1-29H. The lowest BCUT2D eigenvalue weighted by Crippen LogP contribution is -1.95. The van der Waals surface area contributed by atoms with Crippen LogP contribution >= 0.6 is 0 Å². The summed E-state index contributed by atoms with van der Waals surface area (Å²) in [6.45, 7) is 0. The Hall–Kier alpha value is -6.97. The molecule has 0 atom stereocenters. The molecule has 0 saturated heterocycles. The van der Waals surface area contributed by atoms with Crippen molar-refractivity contribution in [3.8, 4) is 44.8 Å². The summed E-state index contributed by atoms with van der Waals surface area (Å²) in [6.07, 6.45) is 3.92. The van der Waals surface area contributed by atoms with Crippen molar-refractivity contribution in [2.75, 3.05) is 0 Å². The average molecular weight is 660 g/mol. The van der Waals surface area contributed by atoms with Gasteiger partial charge in [0.25, 0.3) is 0 Å². The average Bonchev–Trinajstić information content (AvgIpc) is 3.83. The number of fused-ring (bicyclic) bond motifs is 10. The summed E-state index contributed by atoms with van der Waals surface area (Å²) in [5.74, 6) is 0. The van der Waals surface area contributed by atoms with Gasteiger partial charge in [-0.25, -0.2) is 0 Å². The van der Waals surface area contributed by atoms with Gasteiger partial charge in [-0.3, -0.25) is 4.98 Å². The highest BCUT2D eigenvalue weighted by Crippen LogP contribution is 2.48. The second-order valence-electron chi connectivity index (χ2n) is 14.0. The van der Waals surface area contributed by atoms with Crippen molar-refractivity contribution < 1.29 is 0 Å². The molecule has 3 nitrogen and oxygen atoms in total. The molecule has 3 heteroatoms. The first kappa shape index (κ1) is 27.8. The van der Waals surface area contributed by atoms with Crippen LogP contribution in [0.15, 0.2) is 176 Å². The molecule has 1 aliphatic carbocycles. The Morgan fingerprint density at radius 2 is 1.00 bits per heavy atom. The minimum absolute atomic E-state index is 1.17. The van der Waals surface area contributed by atoms with Gasteiger partial charge in [-0.15, -0.1) is 0 Å². The molecule has 8 aromatic carbocycles. The van der Waals surface area contributed by atoms with Crippen molar-refractivity contribution in [2.24, 2.45) is 0 Å². The van der Waals surface area contributed by atoms with Crippen LogP contribution in [0.2, 0.25) is 0 Å². The molecule has 3 aromatic heterocycles. The van der Waals surface area contributed by atoms with E-state index in [4.69, 9.17) is 0 Å². The normalized spacial score (nSPS) is 12.2. The fourth-order valence-electron chi connectivity index (χ4n) is 8.99. The van der Waals surface area contributed by atoms with Crippen LogP contribution in [0, 0.1) is 0 Å². The predicted molar refractivity (Wildman–Crippen MR) is 218 cm³/mol. The van der Waals surface area contributed by atoms with Gasteiger partial charge in [-0.2, -0.15) is 0 Å². The van der Waals surface area contributed by atoms with Crippen LogP contribution < -0.4 is 0 Å². The third kappa shape index (κ3) is 3.77. The molecule has 0 saturated carbocycles. The SMILES string of the molecule is c1ccc(-n2c3ccccc3c3cc(-c4ccc5c(c4)c4cc6ccccc6cc4n5-c4cc5c6c(cccc6c4)-c4cnccc4-5)ccc32)cc1. The van der Waals surface area contributed by atoms with Crippen molar-refractivity contribution in [3.63, 3.8) is 0 Å². The van der Waals surface area contributed by atoms with E-state index < -0.39 is 0 Å². The molecular formula is C49H29N3. The summed E-state index contributed by atoms with van der Waals surface area (Å²) < 4.78 is 4.85. The minimum atomic E-state index is 1.17. The van der Waals surface area contributed by atoms with Gasteiger partial charge < -0.3 is 9.13 Å². The first-order valence-corrected chi connectivity index (χ1v) is 17.9. The highest BCUT2D eigenvalue weighted by molar-refractivity contribution is 6.18. The Morgan fingerprint density at radius 1 is 0.346 bits per heavy atom. The fraction of sp³-hybridized carbons (Fsp3) is 0. The van der Waals surface area contributed by atoms with Gasteiger partial charge in [0.05, 0.1) is 22.1 Å². The summed E-state index contributed by atoms with van der Waals surface area (Å²) in [5.41, 5.74) is 14.6. The fourth-order valence-corrected chi connectivity index (χ4v) is 8.99. The maximum Gasteiger partial charge on any atom is 0.0547 e. The highest BCUT2D eigenvalue weighted by Gasteiger charge is 2.24. The maximum absolute atomic E-state index is 4.48. The van der Waals surface area contributed by atoms with Crippen molar-refractivity contribution in [1.29, 1.82) is 0 Å². The van der Waals surface area contributed by atoms with Crippen LogP contribution in [0.25, 0.3) is 110 Å². The molecule has 0 N–H and O–H groups in total. The zero-order valence-corrected chi connectivity index (χ0v) is 28.1. The molecular weight excluding hydrogens is 631 g/mol. The number of rotatable bonds is 3. The monoisotopic (exact) mass is 659 g/mol. The second-order valence-corrected chi connectivity index (χ2v) is 14.0. The van der Waals surface area contributed by atoms with Gasteiger partial charge in [0.15, 0.2) is 0 Å². The third-order valence-electron chi connectivity index (χ3n) is 11.3. The molecule has 0 aliphatic heterocycles. The number of nitrogens with zero attached hydrogens (tertiary/aromatic N) is 3. The maximum atomic E-state index is 4.48. The number of pyridine rings is 1. The lowest BCUT2D eigenvalue weighted by molar-refractivity contribution is 1.18. The first-order chi connectivity index (χ1) is 25.8. The van der Waals surface area contributed by atoms with E-state index in [9.17, 15) is 0 Å². The summed E-state index contributed by atoms with van der Waals surface area (Å²) in [5, 5.41) is 10.1. The molecule has 0 radical (unpaired) electrons. The predicted octanol–water partition coefficient (Wildman–Crippen LogP) is 12.9. The summed E-state index contributed by atoms with van der Waals surface area (Å²) in [6, 6.07) is 60.4.